The van der Waals surface area contributed by atoms with E-state index in [-0.39, 0.29) is 0 Å². The minimum absolute atomic E-state index is 0.450. The van der Waals surface area contributed by atoms with E-state index in [0.717, 1.165) is 24.0 Å². The SMILES string of the molecule is CCCc1c(Cl)nc(-c2ccccc2)nc1Cl. The molecule has 1 aromatic carbocycles. The van der Waals surface area contributed by atoms with Gasteiger partial charge in [-0.15, -0.1) is 0 Å². The lowest BCUT2D eigenvalue weighted by Crippen LogP contribution is -1.97. The van der Waals surface area contributed by atoms with Crippen LogP contribution in [0, 0.1) is 0 Å². The van der Waals surface area contributed by atoms with Crippen LogP contribution in [0.2, 0.25) is 10.3 Å². The fourth-order valence-electron chi connectivity index (χ4n) is 1.60. The summed E-state index contributed by atoms with van der Waals surface area (Å²) in [5, 5.41) is 0.899. The van der Waals surface area contributed by atoms with Crippen molar-refractivity contribution in [2.24, 2.45) is 0 Å². The first-order valence-electron chi connectivity index (χ1n) is 5.49. The zero-order valence-electron chi connectivity index (χ0n) is 9.45. The van der Waals surface area contributed by atoms with Gasteiger partial charge < -0.3 is 0 Å². The highest BCUT2D eigenvalue weighted by Gasteiger charge is 2.11. The van der Waals surface area contributed by atoms with E-state index in [1.807, 2.05) is 30.3 Å². The van der Waals surface area contributed by atoms with Crippen LogP contribution in [0.15, 0.2) is 30.3 Å². The molecule has 88 valence electrons. The molecule has 1 heterocycles. The summed E-state index contributed by atoms with van der Waals surface area (Å²) in [6.45, 7) is 2.07. The van der Waals surface area contributed by atoms with Gasteiger partial charge in [0.05, 0.1) is 0 Å². The molecule has 0 aliphatic rings. The maximum Gasteiger partial charge on any atom is 0.162 e. The zero-order valence-corrected chi connectivity index (χ0v) is 11.0. The molecule has 2 aromatic rings. The highest BCUT2D eigenvalue weighted by molar-refractivity contribution is 6.34. The standard InChI is InChI=1S/C13H12Cl2N2/c1-2-6-10-11(14)16-13(17-12(10)15)9-7-4-3-5-8-9/h3-5,7-8H,2,6H2,1H3. The third-order valence-electron chi connectivity index (χ3n) is 2.44. The third-order valence-corrected chi connectivity index (χ3v) is 3.06. The van der Waals surface area contributed by atoms with Crippen molar-refractivity contribution in [3.63, 3.8) is 0 Å². The van der Waals surface area contributed by atoms with Crippen molar-refractivity contribution in [3.05, 3.63) is 46.2 Å². The van der Waals surface area contributed by atoms with E-state index in [1.165, 1.54) is 0 Å². The Hall–Kier alpha value is -1.12. The van der Waals surface area contributed by atoms with Crippen LogP contribution < -0.4 is 0 Å². The van der Waals surface area contributed by atoms with E-state index >= 15 is 0 Å². The Morgan fingerprint density at radius 3 is 2.12 bits per heavy atom. The number of hydrogen-bond acceptors (Lipinski definition) is 2. The van der Waals surface area contributed by atoms with Crippen LogP contribution in [0.1, 0.15) is 18.9 Å². The van der Waals surface area contributed by atoms with Gasteiger partial charge in [0.2, 0.25) is 0 Å². The van der Waals surface area contributed by atoms with Gasteiger partial charge in [0.25, 0.3) is 0 Å². The van der Waals surface area contributed by atoms with Gasteiger partial charge in [-0.2, -0.15) is 0 Å². The molecule has 2 nitrogen and oxygen atoms in total. The number of benzene rings is 1. The number of aromatic nitrogens is 2. The molecule has 0 atom stereocenters. The molecule has 17 heavy (non-hydrogen) atoms. The molecule has 1 aromatic heterocycles. The van der Waals surface area contributed by atoms with Crippen LogP contribution in [0.3, 0.4) is 0 Å². The van der Waals surface area contributed by atoms with E-state index < -0.39 is 0 Å². The van der Waals surface area contributed by atoms with Crippen LogP contribution in [-0.4, -0.2) is 9.97 Å². The van der Waals surface area contributed by atoms with Crippen LogP contribution >= 0.6 is 23.2 Å². The second-order valence-electron chi connectivity index (χ2n) is 3.72. The van der Waals surface area contributed by atoms with Crippen molar-refractivity contribution in [2.45, 2.75) is 19.8 Å². The molecule has 0 amide bonds. The molecule has 0 radical (unpaired) electrons. The molecule has 0 fully saturated rings. The van der Waals surface area contributed by atoms with Gasteiger partial charge in [-0.1, -0.05) is 66.9 Å². The van der Waals surface area contributed by atoms with Gasteiger partial charge >= 0.3 is 0 Å². The summed E-state index contributed by atoms with van der Waals surface area (Å²) in [5.41, 5.74) is 1.75. The van der Waals surface area contributed by atoms with Crippen molar-refractivity contribution in [1.82, 2.24) is 9.97 Å². The normalized spacial score (nSPS) is 10.5. The van der Waals surface area contributed by atoms with Crippen molar-refractivity contribution in [1.29, 1.82) is 0 Å². The topological polar surface area (TPSA) is 25.8 Å². The highest BCUT2D eigenvalue weighted by Crippen LogP contribution is 2.26. The molecule has 0 unspecified atom stereocenters. The lowest BCUT2D eigenvalue weighted by Gasteiger charge is -2.07. The summed E-state index contributed by atoms with van der Waals surface area (Å²) in [6.07, 6.45) is 1.76. The Labute approximate surface area is 111 Å². The molecular weight excluding hydrogens is 255 g/mol. The fourth-order valence-corrected chi connectivity index (χ4v) is 2.18. The Balaban J connectivity index is 2.46. The summed E-state index contributed by atoms with van der Waals surface area (Å²) in [6, 6.07) is 9.67. The first-order chi connectivity index (χ1) is 8.22. The average molecular weight is 267 g/mol. The van der Waals surface area contributed by atoms with Crippen molar-refractivity contribution in [3.8, 4) is 11.4 Å². The Morgan fingerprint density at radius 2 is 1.59 bits per heavy atom. The van der Waals surface area contributed by atoms with Gasteiger partial charge in [0, 0.05) is 11.1 Å². The number of nitrogens with zero attached hydrogens (tertiary/aromatic N) is 2. The maximum atomic E-state index is 6.13. The molecule has 0 aliphatic carbocycles. The van der Waals surface area contributed by atoms with E-state index in [0.29, 0.717) is 16.1 Å². The van der Waals surface area contributed by atoms with Crippen LogP contribution in [0.4, 0.5) is 0 Å². The van der Waals surface area contributed by atoms with Crippen molar-refractivity contribution >= 4 is 23.2 Å². The number of hydrogen-bond donors (Lipinski definition) is 0. The molecular formula is C13H12Cl2N2. The number of halogens is 2. The molecule has 0 spiro atoms. The smallest absolute Gasteiger partial charge is 0.162 e. The number of rotatable bonds is 3. The maximum absolute atomic E-state index is 6.13. The first kappa shape index (κ1) is 12.3. The predicted molar refractivity (Wildman–Crippen MR) is 71.5 cm³/mol. The second kappa shape index (κ2) is 5.48. The van der Waals surface area contributed by atoms with E-state index in [1.54, 1.807) is 0 Å². The second-order valence-corrected chi connectivity index (χ2v) is 4.44. The van der Waals surface area contributed by atoms with E-state index in [2.05, 4.69) is 16.9 Å². The lowest BCUT2D eigenvalue weighted by molar-refractivity contribution is 0.903. The molecule has 0 aliphatic heterocycles. The highest BCUT2D eigenvalue weighted by atomic mass is 35.5. The molecule has 0 saturated carbocycles. The molecule has 2 rings (SSSR count). The van der Waals surface area contributed by atoms with Crippen LogP contribution in [-0.2, 0) is 6.42 Å². The van der Waals surface area contributed by atoms with Gasteiger partial charge in [-0.25, -0.2) is 9.97 Å². The van der Waals surface area contributed by atoms with E-state index in [4.69, 9.17) is 23.2 Å². The fraction of sp³-hybridized carbons (Fsp3) is 0.231. The Bertz CT molecular complexity index is 489. The van der Waals surface area contributed by atoms with E-state index in [9.17, 15) is 0 Å². The lowest BCUT2D eigenvalue weighted by atomic mass is 10.2. The summed E-state index contributed by atoms with van der Waals surface area (Å²) in [7, 11) is 0. The third kappa shape index (κ3) is 2.76. The van der Waals surface area contributed by atoms with Crippen molar-refractivity contribution < 1.29 is 0 Å². The minimum Gasteiger partial charge on any atom is -0.216 e. The van der Waals surface area contributed by atoms with Gasteiger partial charge in [-0.3, -0.25) is 0 Å². The Kier molecular flexibility index (Phi) is 3.97. The summed E-state index contributed by atoms with van der Waals surface area (Å²) >= 11 is 12.3. The monoisotopic (exact) mass is 266 g/mol. The predicted octanol–water partition coefficient (Wildman–Crippen LogP) is 4.40. The largest absolute Gasteiger partial charge is 0.216 e. The molecule has 0 N–H and O–H groups in total. The Morgan fingerprint density at radius 1 is 1.00 bits per heavy atom. The van der Waals surface area contributed by atoms with Gasteiger partial charge in [-0.05, 0) is 6.42 Å². The van der Waals surface area contributed by atoms with Crippen LogP contribution in [0.5, 0.6) is 0 Å². The first-order valence-corrected chi connectivity index (χ1v) is 6.25. The molecule has 0 saturated heterocycles. The zero-order chi connectivity index (χ0) is 12.3. The van der Waals surface area contributed by atoms with Crippen molar-refractivity contribution in [2.75, 3.05) is 0 Å². The quantitative estimate of drug-likeness (QED) is 0.770. The minimum atomic E-state index is 0.450. The molecule has 0 bridgehead atoms. The summed E-state index contributed by atoms with van der Waals surface area (Å²) in [4.78, 5) is 8.59. The van der Waals surface area contributed by atoms with Crippen LogP contribution in [0.25, 0.3) is 11.4 Å². The van der Waals surface area contributed by atoms with Gasteiger partial charge in [0.15, 0.2) is 5.82 Å². The summed E-state index contributed by atoms with van der Waals surface area (Å²) in [5.74, 6) is 0.570. The summed E-state index contributed by atoms with van der Waals surface area (Å²) < 4.78 is 0. The van der Waals surface area contributed by atoms with Gasteiger partial charge in [0.1, 0.15) is 10.3 Å². The average Bonchev–Trinajstić information content (AvgIpc) is 2.35. The molecule has 4 heteroatoms.